The molecule has 1 N–H and O–H groups in total. The van der Waals surface area contributed by atoms with E-state index >= 15 is 0 Å². The highest BCUT2D eigenvalue weighted by Gasteiger charge is 2.25. The van der Waals surface area contributed by atoms with E-state index in [1.165, 1.54) is 31.2 Å². The van der Waals surface area contributed by atoms with Crippen LogP contribution in [0.25, 0.3) is 0 Å². The van der Waals surface area contributed by atoms with Crippen molar-refractivity contribution in [2.75, 3.05) is 5.32 Å². The lowest BCUT2D eigenvalue weighted by Crippen LogP contribution is -2.23. The fourth-order valence-electron chi connectivity index (χ4n) is 3.22. The number of benzene rings is 1. The number of nitrogens with one attached hydrogen (secondary N) is 1. The second kappa shape index (κ2) is 6.12. The van der Waals surface area contributed by atoms with Crippen molar-refractivity contribution in [3.05, 3.63) is 48.3 Å². The summed E-state index contributed by atoms with van der Waals surface area (Å²) in [4.78, 5) is 0. The minimum absolute atomic E-state index is 0.634. The fourth-order valence-corrected chi connectivity index (χ4v) is 3.22. The van der Waals surface area contributed by atoms with Gasteiger partial charge in [-0.1, -0.05) is 50.1 Å². The highest BCUT2D eigenvalue weighted by molar-refractivity contribution is 5.40. The van der Waals surface area contributed by atoms with Gasteiger partial charge in [0.1, 0.15) is 0 Å². The largest absolute Gasteiger partial charge is 0.379 e. The summed E-state index contributed by atoms with van der Waals surface area (Å²) in [6, 6.07) is 11.1. The quantitative estimate of drug-likeness (QED) is 0.891. The number of hydrogen-bond acceptors (Lipinski definition) is 2. The van der Waals surface area contributed by atoms with Crippen molar-refractivity contribution in [1.29, 1.82) is 0 Å². The Morgan fingerprint density at radius 3 is 2.90 bits per heavy atom. The van der Waals surface area contributed by atoms with E-state index in [-0.39, 0.29) is 0 Å². The van der Waals surface area contributed by atoms with Gasteiger partial charge in [-0.3, -0.25) is 4.68 Å². The van der Waals surface area contributed by atoms with Crippen molar-refractivity contribution in [3.8, 4) is 0 Å². The molecule has 2 unspecified atom stereocenters. The van der Waals surface area contributed by atoms with Crippen molar-refractivity contribution in [1.82, 2.24) is 9.78 Å². The molecule has 1 saturated carbocycles. The van der Waals surface area contributed by atoms with E-state index in [2.05, 4.69) is 47.8 Å². The van der Waals surface area contributed by atoms with E-state index in [9.17, 15) is 0 Å². The van der Waals surface area contributed by atoms with Gasteiger partial charge in [-0.25, -0.2) is 0 Å². The van der Waals surface area contributed by atoms with Crippen LogP contribution < -0.4 is 5.32 Å². The van der Waals surface area contributed by atoms with E-state index in [1.807, 2.05) is 16.9 Å². The minimum atomic E-state index is 0.634. The predicted octanol–water partition coefficient (Wildman–Crippen LogP) is 3.92. The van der Waals surface area contributed by atoms with Crippen molar-refractivity contribution in [3.63, 3.8) is 0 Å². The van der Waals surface area contributed by atoms with Crippen LogP contribution in [0.15, 0.2) is 42.7 Å². The van der Waals surface area contributed by atoms with Crippen LogP contribution >= 0.6 is 0 Å². The smallest absolute Gasteiger partial charge is 0.0728 e. The second-order valence-electron chi connectivity index (χ2n) is 5.76. The monoisotopic (exact) mass is 269 g/mol. The lowest BCUT2D eigenvalue weighted by molar-refractivity contribution is 0.489. The van der Waals surface area contributed by atoms with Gasteiger partial charge in [-0.15, -0.1) is 0 Å². The van der Waals surface area contributed by atoms with Gasteiger partial charge in [0.2, 0.25) is 0 Å². The average Bonchev–Trinajstić information content (AvgIpc) is 3.10. The second-order valence-corrected chi connectivity index (χ2v) is 5.76. The highest BCUT2D eigenvalue weighted by atomic mass is 15.3. The highest BCUT2D eigenvalue weighted by Crippen LogP contribution is 2.30. The molecular weight excluding hydrogens is 246 g/mol. The molecule has 3 heteroatoms. The van der Waals surface area contributed by atoms with Gasteiger partial charge in [-0.2, -0.15) is 5.10 Å². The molecule has 0 aliphatic heterocycles. The molecule has 1 heterocycles. The summed E-state index contributed by atoms with van der Waals surface area (Å²) in [5.41, 5.74) is 2.45. The summed E-state index contributed by atoms with van der Waals surface area (Å²) in [7, 11) is 0. The molecular formula is C17H23N3. The third-order valence-electron chi connectivity index (χ3n) is 4.36. The zero-order chi connectivity index (χ0) is 13.8. The zero-order valence-corrected chi connectivity index (χ0v) is 12.1. The van der Waals surface area contributed by atoms with Crippen LogP contribution in [-0.4, -0.2) is 15.8 Å². The van der Waals surface area contributed by atoms with Crippen LogP contribution in [0.4, 0.5) is 5.69 Å². The number of nitrogens with zero attached hydrogens (tertiary/aromatic N) is 2. The van der Waals surface area contributed by atoms with Crippen LogP contribution in [-0.2, 0) is 6.54 Å². The summed E-state index contributed by atoms with van der Waals surface area (Å²) in [5.74, 6) is 0.826. The molecule has 20 heavy (non-hydrogen) atoms. The maximum Gasteiger partial charge on any atom is 0.0728 e. The first-order chi connectivity index (χ1) is 9.85. The standard InChI is InChI=1S/C17H23N3/c1-2-15-9-6-10-17(15)19-16-11-18-20(13-16)12-14-7-4-3-5-8-14/h3-5,7-8,11,13,15,17,19H,2,6,9-10,12H2,1H3. The lowest BCUT2D eigenvalue weighted by atomic mass is 10.0. The van der Waals surface area contributed by atoms with Crippen LogP contribution in [0.2, 0.25) is 0 Å². The molecule has 0 amide bonds. The Bertz CT molecular complexity index is 532. The van der Waals surface area contributed by atoms with Gasteiger partial charge < -0.3 is 5.32 Å². The summed E-state index contributed by atoms with van der Waals surface area (Å²) in [6.45, 7) is 3.13. The van der Waals surface area contributed by atoms with E-state index in [0.717, 1.165) is 18.2 Å². The zero-order valence-electron chi connectivity index (χ0n) is 12.1. The third kappa shape index (κ3) is 3.03. The van der Waals surface area contributed by atoms with Crippen molar-refractivity contribution >= 4 is 5.69 Å². The fraction of sp³-hybridized carbons (Fsp3) is 0.471. The van der Waals surface area contributed by atoms with Crippen molar-refractivity contribution in [2.45, 2.75) is 45.2 Å². The van der Waals surface area contributed by atoms with Gasteiger partial charge in [0.25, 0.3) is 0 Å². The van der Waals surface area contributed by atoms with Crippen LogP contribution in [0, 0.1) is 5.92 Å². The number of aromatic nitrogens is 2. The summed E-state index contributed by atoms with van der Waals surface area (Å²) in [5, 5.41) is 8.12. The first-order valence-electron chi connectivity index (χ1n) is 7.68. The van der Waals surface area contributed by atoms with Crippen molar-refractivity contribution < 1.29 is 0 Å². The molecule has 2 atom stereocenters. The molecule has 1 aliphatic carbocycles. The van der Waals surface area contributed by atoms with Gasteiger partial charge in [0.15, 0.2) is 0 Å². The van der Waals surface area contributed by atoms with Crippen LogP contribution in [0.5, 0.6) is 0 Å². The number of rotatable bonds is 5. The SMILES string of the molecule is CCC1CCCC1Nc1cnn(Cc2ccccc2)c1. The predicted molar refractivity (Wildman–Crippen MR) is 82.8 cm³/mol. The molecule has 3 nitrogen and oxygen atoms in total. The van der Waals surface area contributed by atoms with E-state index < -0.39 is 0 Å². The summed E-state index contributed by atoms with van der Waals surface area (Å²) in [6.07, 6.45) is 9.37. The first kappa shape index (κ1) is 13.2. The number of hydrogen-bond donors (Lipinski definition) is 1. The number of anilines is 1. The maximum absolute atomic E-state index is 4.46. The van der Waals surface area contributed by atoms with E-state index in [0.29, 0.717) is 6.04 Å². The Morgan fingerprint density at radius 1 is 1.25 bits per heavy atom. The lowest BCUT2D eigenvalue weighted by Gasteiger charge is -2.19. The molecule has 2 aromatic rings. The molecule has 0 spiro atoms. The molecule has 1 fully saturated rings. The molecule has 0 bridgehead atoms. The Hall–Kier alpha value is -1.77. The van der Waals surface area contributed by atoms with Gasteiger partial charge in [0.05, 0.1) is 18.4 Å². The minimum Gasteiger partial charge on any atom is -0.379 e. The Kier molecular flexibility index (Phi) is 4.05. The van der Waals surface area contributed by atoms with Gasteiger partial charge in [0, 0.05) is 12.2 Å². The van der Waals surface area contributed by atoms with Gasteiger partial charge >= 0.3 is 0 Å². The third-order valence-corrected chi connectivity index (χ3v) is 4.36. The topological polar surface area (TPSA) is 29.9 Å². The summed E-state index contributed by atoms with van der Waals surface area (Å²) < 4.78 is 2.01. The molecule has 1 aromatic carbocycles. The Morgan fingerprint density at radius 2 is 2.10 bits per heavy atom. The van der Waals surface area contributed by atoms with Crippen LogP contribution in [0.1, 0.15) is 38.2 Å². The van der Waals surface area contributed by atoms with Crippen molar-refractivity contribution in [2.24, 2.45) is 5.92 Å². The Labute approximate surface area is 121 Å². The van der Waals surface area contributed by atoms with E-state index in [1.54, 1.807) is 0 Å². The molecule has 1 aliphatic rings. The Balaban J connectivity index is 1.62. The van der Waals surface area contributed by atoms with Gasteiger partial charge in [-0.05, 0) is 24.3 Å². The molecule has 0 saturated heterocycles. The molecule has 3 rings (SSSR count). The van der Waals surface area contributed by atoms with E-state index in [4.69, 9.17) is 0 Å². The molecule has 1 aromatic heterocycles. The molecule has 0 radical (unpaired) electrons. The molecule has 106 valence electrons. The normalized spacial score (nSPS) is 22.1. The average molecular weight is 269 g/mol. The maximum atomic E-state index is 4.46. The summed E-state index contributed by atoms with van der Waals surface area (Å²) >= 11 is 0. The van der Waals surface area contributed by atoms with Crippen LogP contribution in [0.3, 0.4) is 0 Å². The first-order valence-corrected chi connectivity index (χ1v) is 7.68.